The zero-order valence-corrected chi connectivity index (χ0v) is 26.5. The minimum atomic E-state index is 0.0758. The molecule has 2 rings (SSSR count). The van der Waals surface area contributed by atoms with E-state index in [1.807, 2.05) is 12.1 Å². The van der Waals surface area contributed by atoms with Gasteiger partial charge in [-0.3, -0.25) is 4.79 Å². The van der Waals surface area contributed by atoms with E-state index in [-0.39, 0.29) is 23.5 Å². The molecule has 0 aliphatic heterocycles. The van der Waals surface area contributed by atoms with Gasteiger partial charge in [-0.25, -0.2) is 0 Å². The van der Waals surface area contributed by atoms with Gasteiger partial charge in [0.05, 0.1) is 0 Å². The Morgan fingerprint density at radius 3 is 1.77 bits per heavy atom. The predicted molar refractivity (Wildman–Crippen MR) is 171 cm³/mol. The summed E-state index contributed by atoms with van der Waals surface area (Å²) in [6.07, 6.45) is 13.3. The Balaban J connectivity index is 2.79. The lowest BCUT2D eigenvalue weighted by molar-refractivity contribution is 0.104. The van der Waals surface area contributed by atoms with Crippen LogP contribution in [0.1, 0.15) is 181 Å². The van der Waals surface area contributed by atoms with E-state index in [9.17, 15) is 9.90 Å². The number of aromatic hydroxyl groups is 1. The van der Waals surface area contributed by atoms with Gasteiger partial charge in [-0.05, 0) is 95.7 Å². The van der Waals surface area contributed by atoms with Gasteiger partial charge in [-0.15, -0.1) is 0 Å². The molecule has 0 amide bonds. The molecule has 4 unspecified atom stereocenters. The van der Waals surface area contributed by atoms with Crippen molar-refractivity contribution >= 4 is 11.9 Å². The molecular formula is C37H56O2. The Morgan fingerprint density at radius 2 is 1.23 bits per heavy atom. The van der Waals surface area contributed by atoms with E-state index in [0.29, 0.717) is 11.7 Å². The highest BCUT2D eigenvalue weighted by atomic mass is 16.3. The number of phenols is 1. The van der Waals surface area contributed by atoms with Crippen molar-refractivity contribution in [1.29, 1.82) is 0 Å². The molecular weight excluding hydrogens is 476 g/mol. The van der Waals surface area contributed by atoms with Gasteiger partial charge < -0.3 is 5.11 Å². The van der Waals surface area contributed by atoms with Crippen LogP contribution in [0.15, 0.2) is 30.3 Å². The number of benzene rings is 2. The van der Waals surface area contributed by atoms with Crippen molar-refractivity contribution < 1.29 is 9.90 Å². The van der Waals surface area contributed by atoms with Gasteiger partial charge in [0.2, 0.25) is 0 Å². The lowest BCUT2D eigenvalue weighted by Gasteiger charge is -2.28. The molecule has 1 N–H and O–H groups in total. The Labute approximate surface area is 240 Å². The first kappa shape index (κ1) is 32.9. The third-order valence-electron chi connectivity index (χ3n) is 8.57. The second-order valence-corrected chi connectivity index (χ2v) is 12.0. The van der Waals surface area contributed by atoms with Crippen molar-refractivity contribution in [2.75, 3.05) is 0 Å². The van der Waals surface area contributed by atoms with E-state index in [0.717, 1.165) is 85.6 Å². The smallest absolute Gasteiger partial charge is 0.186 e. The lowest BCUT2D eigenvalue weighted by atomic mass is 9.76. The number of hydrogen-bond donors (Lipinski definition) is 1. The summed E-state index contributed by atoms with van der Waals surface area (Å²) in [5, 5.41) is 11.4. The highest BCUT2D eigenvalue weighted by molar-refractivity contribution is 6.09. The summed E-state index contributed by atoms with van der Waals surface area (Å²) in [6.45, 7) is 19.9. The normalized spacial score (nSPS) is 14.9. The summed E-state index contributed by atoms with van der Waals surface area (Å²) >= 11 is 0. The molecule has 0 spiro atoms. The number of rotatable bonds is 16. The molecule has 0 bridgehead atoms. The number of carbonyl (C=O) groups excluding carboxylic acids is 1. The summed E-state index contributed by atoms with van der Waals surface area (Å²) in [7, 11) is 0. The van der Waals surface area contributed by atoms with E-state index in [1.165, 1.54) is 11.1 Å². The average molecular weight is 533 g/mol. The maximum Gasteiger partial charge on any atom is 0.186 e. The maximum absolute atomic E-state index is 14.3. The predicted octanol–water partition coefficient (Wildman–Crippen LogP) is 11.5. The zero-order valence-electron chi connectivity index (χ0n) is 26.5. The van der Waals surface area contributed by atoms with E-state index in [4.69, 9.17) is 0 Å². The minimum absolute atomic E-state index is 0.0758. The Morgan fingerprint density at radius 1 is 0.718 bits per heavy atom. The van der Waals surface area contributed by atoms with Crippen molar-refractivity contribution in [3.05, 3.63) is 69.3 Å². The third kappa shape index (κ3) is 8.32. The molecule has 39 heavy (non-hydrogen) atoms. The fourth-order valence-corrected chi connectivity index (χ4v) is 6.44. The van der Waals surface area contributed by atoms with Crippen LogP contribution in [-0.2, 0) is 6.42 Å². The summed E-state index contributed by atoms with van der Waals surface area (Å²) in [4.78, 5) is 14.3. The van der Waals surface area contributed by atoms with Crippen molar-refractivity contribution in [1.82, 2.24) is 0 Å². The number of hydrogen-bond acceptors (Lipinski definition) is 2. The molecule has 2 heteroatoms. The number of carbonyl (C=O) groups is 1. The van der Waals surface area contributed by atoms with Crippen LogP contribution in [0.3, 0.4) is 0 Å². The molecule has 0 radical (unpaired) electrons. The summed E-state index contributed by atoms with van der Waals surface area (Å²) in [5.41, 5.74) is 7.72. The van der Waals surface area contributed by atoms with Crippen LogP contribution in [0, 0.1) is 0 Å². The molecule has 4 atom stereocenters. The SMILES string of the molecule is CCCC(C)c1ccc(CC)cc1/C=C\C(=O)c1c(C(C)CCC)cc(O)c(C(C)CCC)c1C(C)CCC. The molecule has 0 heterocycles. The second kappa shape index (κ2) is 16.0. The average Bonchev–Trinajstić information content (AvgIpc) is 2.91. The fourth-order valence-electron chi connectivity index (χ4n) is 6.44. The molecule has 0 saturated heterocycles. The van der Waals surface area contributed by atoms with Crippen LogP contribution in [-0.4, -0.2) is 10.9 Å². The molecule has 0 fully saturated rings. The van der Waals surface area contributed by atoms with Crippen LogP contribution in [0.5, 0.6) is 5.75 Å². The van der Waals surface area contributed by atoms with E-state index in [2.05, 4.69) is 86.6 Å². The lowest BCUT2D eigenvalue weighted by Crippen LogP contribution is -2.15. The molecule has 0 saturated carbocycles. The second-order valence-electron chi connectivity index (χ2n) is 12.0. The van der Waals surface area contributed by atoms with Gasteiger partial charge in [0, 0.05) is 11.1 Å². The van der Waals surface area contributed by atoms with Crippen LogP contribution < -0.4 is 0 Å². The van der Waals surface area contributed by atoms with Crippen LogP contribution in [0.4, 0.5) is 0 Å². The Bertz CT molecular complexity index is 1090. The molecule has 2 aromatic rings. The Hall–Kier alpha value is -2.35. The van der Waals surface area contributed by atoms with Crippen molar-refractivity contribution in [3.63, 3.8) is 0 Å². The zero-order chi connectivity index (χ0) is 29.1. The molecule has 216 valence electrons. The van der Waals surface area contributed by atoms with Gasteiger partial charge in [0.15, 0.2) is 5.78 Å². The first-order chi connectivity index (χ1) is 18.6. The fraction of sp³-hybridized carbons (Fsp3) is 0.595. The van der Waals surface area contributed by atoms with Crippen LogP contribution >= 0.6 is 0 Å². The van der Waals surface area contributed by atoms with Crippen molar-refractivity contribution in [2.45, 2.75) is 144 Å². The van der Waals surface area contributed by atoms with Gasteiger partial charge in [0.1, 0.15) is 5.75 Å². The van der Waals surface area contributed by atoms with Gasteiger partial charge >= 0.3 is 0 Å². The summed E-state index contributed by atoms with van der Waals surface area (Å²) < 4.78 is 0. The standard InChI is InChI=1S/C37H56O2/c1-10-15-25(6)31-21-19-29(14-5)23-30(31)20-22-33(38)37-32(26(7)16-11-2)24-34(39)35(27(8)17-12-3)36(37)28(9)18-13-4/h19-28,39H,10-18H2,1-9H3/b22-20-. The van der Waals surface area contributed by atoms with Crippen LogP contribution in [0.25, 0.3) is 6.08 Å². The topological polar surface area (TPSA) is 37.3 Å². The van der Waals surface area contributed by atoms with Crippen molar-refractivity contribution in [3.8, 4) is 5.75 Å². The number of ketones is 1. The van der Waals surface area contributed by atoms with Gasteiger partial charge in [-0.2, -0.15) is 0 Å². The monoisotopic (exact) mass is 532 g/mol. The molecule has 2 aromatic carbocycles. The summed E-state index contributed by atoms with van der Waals surface area (Å²) in [5.74, 6) is 1.52. The maximum atomic E-state index is 14.3. The minimum Gasteiger partial charge on any atom is -0.508 e. The molecule has 2 nitrogen and oxygen atoms in total. The third-order valence-corrected chi connectivity index (χ3v) is 8.57. The van der Waals surface area contributed by atoms with Gasteiger partial charge in [-0.1, -0.05) is 112 Å². The molecule has 0 aliphatic rings. The largest absolute Gasteiger partial charge is 0.508 e. The summed E-state index contributed by atoms with van der Waals surface area (Å²) in [6, 6.07) is 8.69. The number of phenolic OH excluding ortho intramolecular Hbond substituents is 1. The van der Waals surface area contributed by atoms with Crippen LogP contribution in [0.2, 0.25) is 0 Å². The molecule has 0 aliphatic carbocycles. The van der Waals surface area contributed by atoms with E-state index >= 15 is 0 Å². The highest BCUT2D eigenvalue weighted by Crippen LogP contribution is 2.44. The van der Waals surface area contributed by atoms with E-state index in [1.54, 1.807) is 0 Å². The van der Waals surface area contributed by atoms with Gasteiger partial charge in [0.25, 0.3) is 0 Å². The quantitative estimate of drug-likeness (QED) is 0.172. The van der Waals surface area contributed by atoms with E-state index < -0.39 is 0 Å². The highest BCUT2D eigenvalue weighted by Gasteiger charge is 2.29. The van der Waals surface area contributed by atoms with Crippen molar-refractivity contribution in [2.24, 2.45) is 0 Å². The first-order valence-electron chi connectivity index (χ1n) is 15.9. The Kier molecular flexibility index (Phi) is 13.5. The number of aryl methyl sites for hydroxylation is 1. The molecule has 0 aromatic heterocycles. The first-order valence-corrected chi connectivity index (χ1v) is 15.9. The number of allylic oxidation sites excluding steroid dienone is 1.